The molecular formula is C17H16F2N4O2. The molecule has 2 heterocycles. The highest BCUT2D eigenvalue weighted by Gasteiger charge is 2.18. The normalized spacial score (nSPS) is 11.1. The highest BCUT2D eigenvalue weighted by atomic mass is 19.3. The quantitative estimate of drug-likeness (QED) is 0.711. The molecule has 25 heavy (non-hydrogen) atoms. The Labute approximate surface area is 141 Å². The molecule has 6 nitrogen and oxygen atoms in total. The van der Waals surface area contributed by atoms with E-state index in [0.717, 1.165) is 4.79 Å². The van der Waals surface area contributed by atoms with Crippen molar-refractivity contribution in [1.29, 1.82) is 0 Å². The Bertz CT molecular complexity index is 965. The van der Waals surface area contributed by atoms with Crippen LogP contribution < -0.4 is 11.0 Å². The lowest BCUT2D eigenvalue weighted by molar-refractivity contribution is 0.114. The molecule has 3 rings (SSSR count). The number of nitrogens with one attached hydrogen (secondary N) is 1. The van der Waals surface area contributed by atoms with Crippen LogP contribution in [0.25, 0.3) is 11.3 Å². The first-order valence-electron chi connectivity index (χ1n) is 7.52. The molecule has 0 amide bonds. The van der Waals surface area contributed by atoms with Gasteiger partial charge in [0, 0.05) is 16.7 Å². The van der Waals surface area contributed by atoms with E-state index in [0.29, 0.717) is 21.7 Å². The standard InChI is InChI=1S/C17H16F2N4O2/c1-10-11(2)23(25)22(17(10)24)21-14-9-8-13(16(18)19)15(20-14)12-6-4-3-5-7-12/h3-9,16,25H,1-2H3,(H,20,21). The summed E-state index contributed by atoms with van der Waals surface area (Å²) < 4.78 is 26.6. The fraction of sp³-hybridized carbons (Fsp3) is 0.176. The molecule has 3 aromatic rings. The van der Waals surface area contributed by atoms with Crippen LogP contribution in [-0.4, -0.2) is 19.8 Å². The molecule has 0 aliphatic heterocycles. The van der Waals surface area contributed by atoms with Crippen LogP contribution in [0.5, 0.6) is 0 Å². The molecule has 0 saturated carbocycles. The summed E-state index contributed by atoms with van der Waals surface area (Å²) in [5.41, 5.74) is 3.34. The van der Waals surface area contributed by atoms with Crippen molar-refractivity contribution in [2.45, 2.75) is 20.3 Å². The molecule has 0 unspecified atom stereocenters. The van der Waals surface area contributed by atoms with Gasteiger partial charge in [-0.1, -0.05) is 30.3 Å². The number of aromatic nitrogens is 3. The summed E-state index contributed by atoms with van der Waals surface area (Å²) in [5.74, 6) is 0.151. The number of halogens is 2. The second kappa shape index (κ2) is 6.39. The fourth-order valence-electron chi connectivity index (χ4n) is 2.44. The molecule has 0 fully saturated rings. The van der Waals surface area contributed by atoms with Crippen LogP contribution in [0.4, 0.5) is 14.6 Å². The van der Waals surface area contributed by atoms with Gasteiger partial charge >= 0.3 is 0 Å². The van der Waals surface area contributed by atoms with Gasteiger partial charge in [0.1, 0.15) is 5.82 Å². The minimum Gasteiger partial charge on any atom is -0.411 e. The molecule has 2 aromatic heterocycles. The highest BCUT2D eigenvalue weighted by Crippen LogP contribution is 2.30. The van der Waals surface area contributed by atoms with E-state index >= 15 is 0 Å². The first kappa shape index (κ1) is 16.7. The molecule has 0 aliphatic carbocycles. The lowest BCUT2D eigenvalue weighted by Gasteiger charge is -2.13. The smallest absolute Gasteiger partial charge is 0.292 e. The van der Waals surface area contributed by atoms with Crippen LogP contribution in [0.1, 0.15) is 23.2 Å². The summed E-state index contributed by atoms with van der Waals surface area (Å²) in [6.45, 7) is 3.16. The third-order valence-corrected chi connectivity index (χ3v) is 3.97. The Morgan fingerprint density at radius 1 is 1.12 bits per heavy atom. The number of hydrogen-bond donors (Lipinski definition) is 2. The fourth-order valence-corrected chi connectivity index (χ4v) is 2.44. The van der Waals surface area contributed by atoms with Crippen molar-refractivity contribution < 1.29 is 14.0 Å². The predicted molar refractivity (Wildman–Crippen MR) is 89.0 cm³/mol. The average molecular weight is 346 g/mol. The second-order valence-electron chi connectivity index (χ2n) is 5.53. The molecule has 130 valence electrons. The number of benzene rings is 1. The van der Waals surface area contributed by atoms with E-state index in [1.165, 1.54) is 12.1 Å². The van der Waals surface area contributed by atoms with Gasteiger partial charge in [0.05, 0.1) is 11.4 Å². The SMILES string of the molecule is Cc1c(C)n(O)n(Nc2ccc(C(F)F)c(-c3ccccc3)n2)c1=O. The maximum absolute atomic E-state index is 13.3. The van der Waals surface area contributed by atoms with Gasteiger partial charge in [0.15, 0.2) is 0 Å². The Balaban J connectivity index is 2.08. The molecule has 0 bridgehead atoms. The van der Waals surface area contributed by atoms with E-state index in [1.54, 1.807) is 44.2 Å². The highest BCUT2D eigenvalue weighted by molar-refractivity contribution is 5.65. The largest absolute Gasteiger partial charge is 0.411 e. The van der Waals surface area contributed by atoms with Crippen LogP contribution in [0, 0.1) is 13.8 Å². The number of nitrogens with zero attached hydrogens (tertiary/aromatic N) is 3. The number of pyridine rings is 1. The molecule has 1 aromatic carbocycles. The van der Waals surface area contributed by atoms with Crippen LogP contribution in [-0.2, 0) is 0 Å². The van der Waals surface area contributed by atoms with Gasteiger partial charge in [-0.2, -0.15) is 0 Å². The maximum atomic E-state index is 13.3. The lowest BCUT2D eigenvalue weighted by atomic mass is 10.1. The summed E-state index contributed by atoms with van der Waals surface area (Å²) in [6.07, 6.45) is -2.69. The van der Waals surface area contributed by atoms with Crippen molar-refractivity contribution in [3.63, 3.8) is 0 Å². The summed E-state index contributed by atoms with van der Waals surface area (Å²) in [7, 11) is 0. The van der Waals surface area contributed by atoms with Gasteiger partial charge in [-0.05, 0) is 26.0 Å². The second-order valence-corrected chi connectivity index (χ2v) is 5.53. The van der Waals surface area contributed by atoms with Crippen molar-refractivity contribution >= 4 is 5.82 Å². The van der Waals surface area contributed by atoms with E-state index < -0.39 is 12.0 Å². The van der Waals surface area contributed by atoms with Gasteiger partial charge in [-0.15, -0.1) is 9.64 Å². The minimum atomic E-state index is -2.69. The molecule has 0 spiro atoms. The number of hydrogen-bond acceptors (Lipinski definition) is 4. The third kappa shape index (κ3) is 2.98. The molecule has 8 heteroatoms. The van der Waals surface area contributed by atoms with Crippen LogP contribution in [0.3, 0.4) is 0 Å². The van der Waals surface area contributed by atoms with Crippen LogP contribution >= 0.6 is 0 Å². The Morgan fingerprint density at radius 3 is 2.36 bits per heavy atom. The Kier molecular flexibility index (Phi) is 4.26. The monoisotopic (exact) mass is 346 g/mol. The number of rotatable bonds is 4. The molecule has 2 N–H and O–H groups in total. The summed E-state index contributed by atoms with van der Waals surface area (Å²) >= 11 is 0. The van der Waals surface area contributed by atoms with E-state index in [1.807, 2.05) is 0 Å². The van der Waals surface area contributed by atoms with Gasteiger partial charge in [-0.25, -0.2) is 13.8 Å². The summed E-state index contributed by atoms with van der Waals surface area (Å²) in [4.78, 5) is 17.8. The van der Waals surface area contributed by atoms with Crippen LogP contribution in [0.15, 0.2) is 47.3 Å². The molecule has 0 atom stereocenters. The predicted octanol–water partition coefficient (Wildman–Crippen LogP) is 3.38. The number of anilines is 1. The molecule has 0 saturated heterocycles. The zero-order valence-corrected chi connectivity index (χ0v) is 13.6. The van der Waals surface area contributed by atoms with Gasteiger partial charge < -0.3 is 5.21 Å². The lowest BCUT2D eigenvalue weighted by Crippen LogP contribution is -2.29. The summed E-state index contributed by atoms with van der Waals surface area (Å²) in [6, 6.07) is 11.2. The zero-order chi connectivity index (χ0) is 18.1. The van der Waals surface area contributed by atoms with Crippen molar-refractivity contribution in [2.75, 3.05) is 5.43 Å². The van der Waals surface area contributed by atoms with Gasteiger partial charge in [-0.3, -0.25) is 10.2 Å². The van der Waals surface area contributed by atoms with Crippen LogP contribution in [0.2, 0.25) is 0 Å². The topological polar surface area (TPSA) is 72.1 Å². The van der Waals surface area contributed by atoms with Gasteiger partial charge in [0.25, 0.3) is 12.0 Å². The minimum absolute atomic E-state index is 0.109. The molecule has 0 aliphatic rings. The van der Waals surface area contributed by atoms with Crippen molar-refractivity contribution in [1.82, 2.24) is 14.6 Å². The van der Waals surface area contributed by atoms with Crippen molar-refractivity contribution in [3.8, 4) is 11.3 Å². The Hall–Kier alpha value is -3.16. The van der Waals surface area contributed by atoms with Crippen molar-refractivity contribution in [3.05, 3.63) is 69.6 Å². The van der Waals surface area contributed by atoms with E-state index in [4.69, 9.17) is 0 Å². The number of alkyl halides is 2. The molecular weight excluding hydrogens is 330 g/mol. The third-order valence-electron chi connectivity index (χ3n) is 3.97. The molecule has 0 radical (unpaired) electrons. The Morgan fingerprint density at radius 2 is 1.80 bits per heavy atom. The van der Waals surface area contributed by atoms with E-state index in [9.17, 15) is 18.8 Å². The van der Waals surface area contributed by atoms with Crippen molar-refractivity contribution in [2.24, 2.45) is 0 Å². The summed E-state index contributed by atoms with van der Waals surface area (Å²) in [5, 5.41) is 9.96. The van der Waals surface area contributed by atoms with E-state index in [-0.39, 0.29) is 17.1 Å². The van der Waals surface area contributed by atoms with E-state index in [2.05, 4.69) is 10.4 Å². The van der Waals surface area contributed by atoms with Gasteiger partial charge in [0.2, 0.25) is 0 Å². The maximum Gasteiger partial charge on any atom is 0.292 e. The average Bonchev–Trinajstić information content (AvgIpc) is 2.80. The zero-order valence-electron chi connectivity index (χ0n) is 13.6. The first-order valence-corrected chi connectivity index (χ1v) is 7.52. The first-order chi connectivity index (χ1) is 11.9.